The van der Waals surface area contributed by atoms with Crippen LogP contribution in [0.15, 0.2) is 47.4 Å². The van der Waals surface area contributed by atoms with Gasteiger partial charge in [-0.3, -0.25) is 4.79 Å². The molecule has 226 valence electrons. The molecule has 0 aliphatic carbocycles. The maximum absolute atomic E-state index is 14.1. The van der Waals surface area contributed by atoms with Crippen LogP contribution in [-0.4, -0.2) is 92.8 Å². The molecule has 2 saturated heterocycles. The number of morpholine rings is 1. The van der Waals surface area contributed by atoms with E-state index in [2.05, 4.69) is 10.3 Å². The maximum Gasteiger partial charge on any atom is 0.409 e. The minimum Gasteiger partial charge on any atom is -0.491 e. The van der Waals surface area contributed by atoms with Crippen molar-refractivity contribution in [1.82, 2.24) is 14.2 Å². The summed E-state index contributed by atoms with van der Waals surface area (Å²) in [5.74, 6) is -0.262. The number of rotatable bonds is 9. The molecule has 4 N–H and O–H groups in total. The molecule has 1 aromatic heterocycles. The zero-order chi connectivity index (χ0) is 29.9. The molecule has 1 atom stereocenters. The SMILES string of the molecule is CCOC(=O)N1CCC(Nc2cc(Cl)cc3c(S(=O)(=O)N4CCO[C@H](COc5ccccc5)C4)c(C(N)=O)[nH]c23)CC1. The number of piperidine rings is 1. The van der Waals surface area contributed by atoms with E-state index in [4.69, 9.17) is 31.5 Å². The van der Waals surface area contributed by atoms with Gasteiger partial charge in [0, 0.05) is 42.6 Å². The van der Waals surface area contributed by atoms with Gasteiger partial charge in [-0.15, -0.1) is 0 Å². The molecule has 14 heteroatoms. The fraction of sp³-hybridized carbons (Fsp3) is 0.429. The van der Waals surface area contributed by atoms with Crippen LogP contribution in [0.4, 0.5) is 10.5 Å². The van der Waals surface area contributed by atoms with E-state index in [0.717, 1.165) is 0 Å². The van der Waals surface area contributed by atoms with Crippen LogP contribution in [-0.2, 0) is 19.5 Å². The Hall–Kier alpha value is -3.52. The summed E-state index contributed by atoms with van der Waals surface area (Å²) in [7, 11) is -4.20. The van der Waals surface area contributed by atoms with E-state index >= 15 is 0 Å². The molecule has 0 bridgehead atoms. The molecule has 0 saturated carbocycles. The number of H-pyrrole nitrogens is 1. The monoisotopic (exact) mass is 619 g/mol. The van der Waals surface area contributed by atoms with Crippen molar-refractivity contribution in [2.75, 3.05) is 51.3 Å². The molecular weight excluding hydrogens is 586 g/mol. The summed E-state index contributed by atoms with van der Waals surface area (Å²) in [6.45, 7) is 3.52. The van der Waals surface area contributed by atoms with E-state index in [0.29, 0.717) is 49.5 Å². The largest absolute Gasteiger partial charge is 0.491 e. The lowest BCUT2D eigenvalue weighted by molar-refractivity contribution is -0.0249. The van der Waals surface area contributed by atoms with Crippen LogP contribution in [0.3, 0.4) is 0 Å². The number of nitrogens with two attached hydrogens (primary N) is 1. The normalized spacial score (nSPS) is 18.6. The molecule has 2 amide bonds. The Kier molecular flexibility index (Phi) is 9.11. The first-order chi connectivity index (χ1) is 20.2. The van der Waals surface area contributed by atoms with Crippen molar-refractivity contribution in [3.63, 3.8) is 0 Å². The molecule has 12 nitrogen and oxygen atoms in total. The summed E-state index contributed by atoms with van der Waals surface area (Å²) >= 11 is 6.48. The molecule has 5 rings (SSSR count). The Bertz CT molecular complexity index is 1540. The Morgan fingerprint density at radius 3 is 2.60 bits per heavy atom. The number of hydrogen-bond donors (Lipinski definition) is 3. The van der Waals surface area contributed by atoms with Gasteiger partial charge in [0.05, 0.1) is 24.4 Å². The van der Waals surface area contributed by atoms with Crippen LogP contribution in [0.2, 0.25) is 5.02 Å². The quantitative estimate of drug-likeness (QED) is 0.329. The Morgan fingerprint density at radius 1 is 1.17 bits per heavy atom. The van der Waals surface area contributed by atoms with Crippen molar-refractivity contribution in [2.24, 2.45) is 5.73 Å². The van der Waals surface area contributed by atoms with Crippen LogP contribution < -0.4 is 15.8 Å². The van der Waals surface area contributed by atoms with Crippen LogP contribution in [0, 0.1) is 0 Å². The number of para-hydroxylation sites is 1. The number of nitrogens with one attached hydrogen (secondary N) is 2. The summed E-state index contributed by atoms with van der Waals surface area (Å²) in [6, 6.07) is 12.3. The number of primary amides is 1. The van der Waals surface area contributed by atoms with E-state index in [1.54, 1.807) is 17.9 Å². The number of anilines is 1. The lowest BCUT2D eigenvalue weighted by Gasteiger charge is -2.32. The topological polar surface area (TPSA) is 156 Å². The van der Waals surface area contributed by atoms with E-state index in [9.17, 15) is 18.0 Å². The average Bonchev–Trinajstić information content (AvgIpc) is 3.38. The van der Waals surface area contributed by atoms with Crippen LogP contribution in [0.5, 0.6) is 5.75 Å². The lowest BCUT2D eigenvalue weighted by Crippen LogP contribution is -2.47. The Morgan fingerprint density at radius 2 is 1.90 bits per heavy atom. The molecule has 2 fully saturated rings. The third kappa shape index (κ3) is 6.43. The molecule has 42 heavy (non-hydrogen) atoms. The minimum atomic E-state index is -4.20. The maximum atomic E-state index is 14.1. The van der Waals surface area contributed by atoms with E-state index < -0.39 is 22.0 Å². The molecule has 3 heterocycles. The van der Waals surface area contributed by atoms with Crippen molar-refractivity contribution in [3.8, 4) is 5.75 Å². The van der Waals surface area contributed by atoms with Crippen molar-refractivity contribution in [3.05, 3.63) is 53.2 Å². The first-order valence-electron chi connectivity index (χ1n) is 13.8. The highest BCUT2D eigenvalue weighted by molar-refractivity contribution is 7.89. The number of aromatic amines is 1. The number of hydrogen-bond acceptors (Lipinski definition) is 8. The Labute approximate surface area is 249 Å². The number of aromatic nitrogens is 1. The standard InChI is InChI=1S/C28H34ClN5O7S/c1-2-39-28(36)33-10-8-19(9-11-33)31-23-15-18(29)14-22-24(23)32-25(27(30)35)26(22)42(37,38)34-12-13-40-21(16-34)17-41-20-6-4-3-5-7-20/h3-7,14-15,19,21,31-32H,2,8-13,16-17H2,1H3,(H2,30,35)/t21-/m0/s1. The fourth-order valence-corrected chi connectivity index (χ4v) is 7.28. The van der Waals surface area contributed by atoms with Crippen molar-refractivity contribution in [1.29, 1.82) is 0 Å². The second-order valence-corrected chi connectivity index (χ2v) is 12.5. The van der Waals surface area contributed by atoms with Crippen molar-refractivity contribution >= 4 is 50.2 Å². The predicted octanol–water partition coefficient (Wildman–Crippen LogP) is 3.42. The number of likely N-dealkylation sites (tertiary alicyclic amines) is 1. The summed E-state index contributed by atoms with van der Waals surface area (Å²) in [4.78, 5) is 29.0. The number of amides is 2. The molecule has 0 spiro atoms. The molecule has 0 unspecified atom stereocenters. The molecule has 2 aliphatic rings. The fourth-order valence-electron chi connectivity index (χ4n) is 5.28. The third-order valence-electron chi connectivity index (χ3n) is 7.33. The second-order valence-electron chi connectivity index (χ2n) is 10.2. The summed E-state index contributed by atoms with van der Waals surface area (Å²) < 4.78 is 46.1. The number of carbonyl (C=O) groups excluding carboxylic acids is 2. The molecule has 3 aromatic rings. The number of ether oxygens (including phenoxy) is 3. The van der Waals surface area contributed by atoms with Gasteiger partial charge in [0.2, 0.25) is 10.0 Å². The van der Waals surface area contributed by atoms with Gasteiger partial charge in [0.1, 0.15) is 29.0 Å². The first-order valence-corrected chi connectivity index (χ1v) is 15.6. The number of benzene rings is 2. The number of halogens is 1. The third-order valence-corrected chi connectivity index (χ3v) is 9.50. The van der Waals surface area contributed by atoms with Crippen LogP contribution in [0.1, 0.15) is 30.3 Å². The van der Waals surface area contributed by atoms with Crippen molar-refractivity contribution in [2.45, 2.75) is 36.8 Å². The number of sulfonamides is 1. The van der Waals surface area contributed by atoms with Gasteiger partial charge in [0.15, 0.2) is 0 Å². The average molecular weight is 620 g/mol. The summed E-state index contributed by atoms with van der Waals surface area (Å²) in [6.07, 6.45) is 0.420. The van der Waals surface area contributed by atoms with Gasteiger partial charge >= 0.3 is 6.09 Å². The smallest absolute Gasteiger partial charge is 0.409 e. The number of carbonyl (C=O) groups is 2. The second kappa shape index (κ2) is 12.8. The highest BCUT2D eigenvalue weighted by atomic mass is 35.5. The van der Waals surface area contributed by atoms with E-state index in [1.807, 2.05) is 30.3 Å². The molecular formula is C28H34ClN5O7S. The zero-order valence-corrected chi connectivity index (χ0v) is 24.7. The van der Waals surface area contributed by atoms with Gasteiger partial charge in [-0.1, -0.05) is 29.8 Å². The van der Waals surface area contributed by atoms with E-state index in [-0.39, 0.29) is 59.4 Å². The number of nitrogens with zero attached hydrogens (tertiary/aromatic N) is 2. The predicted molar refractivity (Wildman–Crippen MR) is 158 cm³/mol. The first kappa shape index (κ1) is 30.0. The van der Waals surface area contributed by atoms with Gasteiger partial charge in [-0.05, 0) is 44.0 Å². The van der Waals surface area contributed by atoms with E-state index in [1.165, 1.54) is 10.4 Å². The lowest BCUT2D eigenvalue weighted by atomic mass is 10.0. The van der Waals surface area contributed by atoms with Crippen LogP contribution >= 0.6 is 11.6 Å². The molecule has 2 aliphatic heterocycles. The van der Waals surface area contributed by atoms with Crippen molar-refractivity contribution < 1.29 is 32.2 Å². The van der Waals surface area contributed by atoms with Gasteiger partial charge < -0.3 is 35.1 Å². The molecule has 2 aromatic carbocycles. The van der Waals surface area contributed by atoms with Crippen LogP contribution in [0.25, 0.3) is 10.9 Å². The van der Waals surface area contributed by atoms with Gasteiger partial charge in [0.25, 0.3) is 5.91 Å². The Balaban J connectivity index is 1.39. The highest BCUT2D eigenvalue weighted by Gasteiger charge is 2.37. The number of fused-ring (bicyclic) bond motifs is 1. The molecule has 0 radical (unpaired) electrons. The summed E-state index contributed by atoms with van der Waals surface area (Å²) in [5, 5.41) is 3.96. The highest BCUT2D eigenvalue weighted by Crippen LogP contribution is 2.37. The minimum absolute atomic E-state index is 0.0256. The zero-order valence-electron chi connectivity index (χ0n) is 23.2. The van der Waals surface area contributed by atoms with Gasteiger partial charge in [-0.25, -0.2) is 13.2 Å². The summed E-state index contributed by atoms with van der Waals surface area (Å²) in [5.41, 5.74) is 6.39. The van der Waals surface area contributed by atoms with Gasteiger partial charge in [-0.2, -0.15) is 4.31 Å².